The number of thioether (sulfide) groups is 1. The van der Waals surface area contributed by atoms with E-state index < -0.39 is 0 Å². The van der Waals surface area contributed by atoms with Crippen molar-refractivity contribution in [2.45, 2.75) is 19.9 Å². The molecule has 0 radical (unpaired) electrons. The molecule has 1 N–H and O–H groups in total. The first kappa shape index (κ1) is 11.0. The van der Waals surface area contributed by atoms with E-state index in [1.807, 2.05) is 18.0 Å². The Balaban J connectivity index is 2.35. The molecule has 1 rings (SSSR count). The minimum absolute atomic E-state index is 0.394. The van der Waals surface area contributed by atoms with Crippen molar-refractivity contribution >= 4 is 23.1 Å². The van der Waals surface area contributed by atoms with Gasteiger partial charge in [-0.15, -0.1) is 11.3 Å². The molecule has 2 nitrogen and oxygen atoms in total. The zero-order chi connectivity index (χ0) is 9.68. The number of nitrogens with one attached hydrogen (secondary N) is 1. The Kier molecular flexibility index (Phi) is 4.77. The van der Waals surface area contributed by atoms with Crippen molar-refractivity contribution in [3.8, 4) is 0 Å². The number of hydrogen-bond acceptors (Lipinski definition) is 4. The van der Waals surface area contributed by atoms with Crippen LogP contribution in [0.4, 0.5) is 0 Å². The molecular formula is C9H16N2S2. The van der Waals surface area contributed by atoms with Crippen molar-refractivity contribution in [3.63, 3.8) is 0 Å². The average Bonchev–Trinajstić information content (AvgIpc) is 2.52. The molecule has 1 aromatic rings. The van der Waals surface area contributed by atoms with Gasteiger partial charge in [0.25, 0.3) is 0 Å². The van der Waals surface area contributed by atoms with Gasteiger partial charge in [0.1, 0.15) is 5.01 Å². The second-order valence-electron chi connectivity index (χ2n) is 2.98. The molecule has 13 heavy (non-hydrogen) atoms. The molecule has 0 saturated heterocycles. The summed E-state index contributed by atoms with van der Waals surface area (Å²) < 4.78 is 0. The molecular weight excluding hydrogens is 200 g/mol. The Morgan fingerprint density at radius 1 is 1.69 bits per heavy atom. The highest BCUT2D eigenvalue weighted by atomic mass is 32.2. The molecule has 1 atom stereocenters. The van der Waals surface area contributed by atoms with Crippen LogP contribution in [0.1, 0.15) is 22.9 Å². The van der Waals surface area contributed by atoms with Crippen LogP contribution in [-0.2, 0) is 0 Å². The maximum atomic E-state index is 4.34. The molecule has 0 aliphatic rings. The van der Waals surface area contributed by atoms with Gasteiger partial charge < -0.3 is 5.32 Å². The van der Waals surface area contributed by atoms with Crippen molar-refractivity contribution in [1.29, 1.82) is 0 Å². The molecule has 0 spiro atoms. The predicted molar refractivity (Wildman–Crippen MR) is 61.7 cm³/mol. The van der Waals surface area contributed by atoms with Gasteiger partial charge in [0, 0.05) is 23.4 Å². The quantitative estimate of drug-likeness (QED) is 0.765. The minimum Gasteiger partial charge on any atom is -0.307 e. The van der Waals surface area contributed by atoms with Crippen molar-refractivity contribution < 1.29 is 0 Å². The van der Waals surface area contributed by atoms with Gasteiger partial charge in [-0.25, -0.2) is 4.98 Å². The summed E-state index contributed by atoms with van der Waals surface area (Å²) in [6.07, 6.45) is 4.06. The fraction of sp³-hybridized carbons (Fsp3) is 0.667. The summed E-state index contributed by atoms with van der Waals surface area (Å²) in [5, 5.41) is 4.63. The number of hydrogen-bond donors (Lipinski definition) is 1. The van der Waals surface area contributed by atoms with E-state index in [-0.39, 0.29) is 0 Å². The normalized spacial score (nSPS) is 13.2. The van der Waals surface area contributed by atoms with E-state index >= 15 is 0 Å². The molecule has 0 aliphatic heterocycles. The number of thiazole rings is 1. The van der Waals surface area contributed by atoms with E-state index in [1.165, 1.54) is 9.88 Å². The fourth-order valence-electron chi connectivity index (χ4n) is 1.04. The smallest absolute Gasteiger partial charge is 0.109 e. The van der Waals surface area contributed by atoms with Gasteiger partial charge in [-0.1, -0.05) is 0 Å². The Morgan fingerprint density at radius 2 is 2.46 bits per heavy atom. The largest absolute Gasteiger partial charge is 0.307 e. The first-order chi connectivity index (χ1) is 6.24. The van der Waals surface area contributed by atoms with Crippen LogP contribution in [0.2, 0.25) is 0 Å². The van der Waals surface area contributed by atoms with Crippen LogP contribution in [0.5, 0.6) is 0 Å². The van der Waals surface area contributed by atoms with Crippen LogP contribution in [0.15, 0.2) is 6.20 Å². The number of aryl methyl sites for hydroxylation is 1. The van der Waals surface area contributed by atoms with E-state index in [0.29, 0.717) is 6.04 Å². The van der Waals surface area contributed by atoms with Crippen LogP contribution < -0.4 is 5.32 Å². The summed E-state index contributed by atoms with van der Waals surface area (Å²) in [6.45, 7) is 5.31. The van der Waals surface area contributed by atoms with Crippen molar-refractivity contribution in [2.75, 3.05) is 18.6 Å². The maximum Gasteiger partial charge on any atom is 0.109 e. The first-order valence-corrected chi connectivity index (χ1v) is 6.59. The molecule has 1 heterocycles. The highest BCUT2D eigenvalue weighted by Crippen LogP contribution is 2.18. The Hall–Kier alpha value is -0.0600. The van der Waals surface area contributed by atoms with E-state index in [1.54, 1.807) is 11.3 Å². The van der Waals surface area contributed by atoms with Gasteiger partial charge >= 0.3 is 0 Å². The van der Waals surface area contributed by atoms with E-state index in [2.05, 4.69) is 30.4 Å². The molecule has 0 bridgehead atoms. The van der Waals surface area contributed by atoms with Gasteiger partial charge in [0.05, 0.1) is 6.04 Å². The van der Waals surface area contributed by atoms with Crippen molar-refractivity contribution in [3.05, 3.63) is 16.1 Å². The monoisotopic (exact) mass is 216 g/mol. The second kappa shape index (κ2) is 5.62. The third-order valence-corrected chi connectivity index (χ3v) is 3.47. The lowest BCUT2D eigenvalue weighted by molar-refractivity contribution is 0.598. The molecule has 1 aromatic heterocycles. The zero-order valence-electron chi connectivity index (χ0n) is 8.33. The summed E-state index contributed by atoms with van der Waals surface area (Å²) in [5.74, 6) is 1.16. The third kappa shape index (κ3) is 3.67. The molecule has 4 heteroatoms. The first-order valence-electron chi connectivity index (χ1n) is 4.38. The van der Waals surface area contributed by atoms with E-state index in [4.69, 9.17) is 0 Å². The van der Waals surface area contributed by atoms with Crippen LogP contribution in [0, 0.1) is 6.92 Å². The Morgan fingerprint density at radius 3 is 3.00 bits per heavy atom. The Labute approximate surface area is 88.2 Å². The van der Waals surface area contributed by atoms with Gasteiger partial charge in [-0.3, -0.25) is 0 Å². The molecule has 0 aliphatic carbocycles. The second-order valence-corrected chi connectivity index (χ2v) is 5.23. The van der Waals surface area contributed by atoms with Crippen molar-refractivity contribution in [1.82, 2.24) is 10.3 Å². The highest BCUT2D eigenvalue weighted by molar-refractivity contribution is 7.98. The maximum absolute atomic E-state index is 4.34. The molecule has 1 unspecified atom stereocenters. The topological polar surface area (TPSA) is 24.9 Å². The van der Waals surface area contributed by atoms with Gasteiger partial charge in [-0.2, -0.15) is 11.8 Å². The SMILES string of the molecule is CSCCNC(C)c1ncc(C)s1. The van der Waals surface area contributed by atoms with Crippen molar-refractivity contribution in [2.24, 2.45) is 0 Å². The standard InChI is InChI=1S/C9H16N2S2/c1-7-6-11-9(13-7)8(2)10-4-5-12-3/h6,8,10H,4-5H2,1-3H3. The van der Waals surface area contributed by atoms with Gasteiger partial charge in [-0.05, 0) is 20.1 Å². The summed E-state index contributed by atoms with van der Waals surface area (Å²) in [6, 6.07) is 0.394. The molecule has 0 fully saturated rings. The van der Waals surface area contributed by atoms with E-state index in [9.17, 15) is 0 Å². The lowest BCUT2D eigenvalue weighted by Gasteiger charge is -2.09. The van der Waals surface area contributed by atoms with Gasteiger partial charge in [0.2, 0.25) is 0 Å². The number of aromatic nitrogens is 1. The number of rotatable bonds is 5. The molecule has 0 amide bonds. The van der Waals surface area contributed by atoms with Crippen LogP contribution in [0.25, 0.3) is 0 Å². The lowest BCUT2D eigenvalue weighted by atomic mass is 10.3. The average molecular weight is 216 g/mol. The zero-order valence-corrected chi connectivity index (χ0v) is 9.97. The molecule has 0 aromatic carbocycles. The van der Waals surface area contributed by atoms with Crippen LogP contribution >= 0.6 is 23.1 Å². The lowest BCUT2D eigenvalue weighted by Crippen LogP contribution is -2.20. The summed E-state index contributed by atoms with van der Waals surface area (Å²) in [4.78, 5) is 5.63. The molecule has 0 saturated carbocycles. The molecule has 74 valence electrons. The highest BCUT2D eigenvalue weighted by Gasteiger charge is 2.07. The summed E-state index contributed by atoms with van der Waals surface area (Å²) in [5.41, 5.74) is 0. The number of nitrogens with zero attached hydrogens (tertiary/aromatic N) is 1. The third-order valence-electron chi connectivity index (χ3n) is 1.77. The summed E-state index contributed by atoms with van der Waals surface area (Å²) in [7, 11) is 0. The van der Waals surface area contributed by atoms with Crippen LogP contribution in [0.3, 0.4) is 0 Å². The van der Waals surface area contributed by atoms with Gasteiger partial charge in [0.15, 0.2) is 0 Å². The Bertz CT molecular complexity index is 248. The van der Waals surface area contributed by atoms with E-state index in [0.717, 1.165) is 12.3 Å². The fourth-order valence-corrected chi connectivity index (χ4v) is 2.16. The summed E-state index contributed by atoms with van der Waals surface area (Å²) >= 11 is 3.64. The predicted octanol–water partition coefficient (Wildman–Crippen LogP) is 2.47. The minimum atomic E-state index is 0.394. The van der Waals surface area contributed by atoms with Crippen LogP contribution in [-0.4, -0.2) is 23.5 Å².